The first-order chi connectivity index (χ1) is 14.6. The van der Waals surface area contributed by atoms with Crippen molar-refractivity contribution in [2.75, 3.05) is 37.6 Å². The van der Waals surface area contributed by atoms with Crippen LogP contribution in [0.1, 0.15) is 24.0 Å². The first-order valence-electron chi connectivity index (χ1n) is 10.5. The van der Waals surface area contributed by atoms with E-state index in [9.17, 15) is 4.79 Å². The summed E-state index contributed by atoms with van der Waals surface area (Å²) < 4.78 is 0. The van der Waals surface area contributed by atoms with Gasteiger partial charge in [0.1, 0.15) is 0 Å². The molecule has 2 aromatic carbocycles. The maximum Gasteiger partial charge on any atom is 0.222 e. The molecule has 2 aromatic rings. The van der Waals surface area contributed by atoms with Crippen molar-refractivity contribution in [3.8, 4) is 0 Å². The predicted octanol–water partition coefficient (Wildman–Crippen LogP) is 3.72. The highest BCUT2D eigenvalue weighted by Gasteiger charge is 2.20. The molecule has 0 aromatic heterocycles. The number of piperazine rings is 1. The van der Waals surface area contributed by atoms with E-state index in [-0.39, 0.29) is 29.9 Å². The van der Waals surface area contributed by atoms with Crippen molar-refractivity contribution in [1.82, 2.24) is 9.80 Å². The van der Waals surface area contributed by atoms with Crippen LogP contribution >= 0.6 is 35.6 Å². The van der Waals surface area contributed by atoms with Crippen LogP contribution in [0.3, 0.4) is 0 Å². The highest BCUT2D eigenvalue weighted by molar-refractivity contribution is 14.0. The lowest BCUT2D eigenvalue weighted by atomic mass is 10.1. The van der Waals surface area contributed by atoms with Crippen molar-refractivity contribution < 1.29 is 4.79 Å². The number of hydrogen-bond acceptors (Lipinski definition) is 3. The van der Waals surface area contributed by atoms with Gasteiger partial charge in [0.25, 0.3) is 0 Å². The molecule has 0 bridgehead atoms. The van der Waals surface area contributed by atoms with E-state index < -0.39 is 0 Å². The van der Waals surface area contributed by atoms with Gasteiger partial charge in [-0.1, -0.05) is 35.9 Å². The molecule has 2 fully saturated rings. The number of carbonyl (C=O) groups excluding carboxylic acids is 1. The number of nitrogens with zero attached hydrogens (tertiary/aromatic N) is 4. The molecule has 2 aliphatic rings. The average Bonchev–Trinajstić information content (AvgIpc) is 3.18. The van der Waals surface area contributed by atoms with Crippen LogP contribution in [0.25, 0.3) is 0 Å². The minimum atomic E-state index is 0. The summed E-state index contributed by atoms with van der Waals surface area (Å²) in [5.41, 5.74) is 9.71. The number of carbonyl (C=O) groups is 1. The molecule has 0 aliphatic carbocycles. The maximum atomic E-state index is 11.8. The normalized spacial score (nSPS) is 17.1. The molecule has 2 aliphatic heterocycles. The number of likely N-dealkylation sites (tertiary alicyclic amines) is 1. The molecule has 31 heavy (non-hydrogen) atoms. The third kappa shape index (κ3) is 6.26. The third-order valence-corrected chi connectivity index (χ3v) is 6.04. The molecule has 2 saturated heterocycles. The molecule has 8 heteroatoms. The Morgan fingerprint density at radius 3 is 2.19 bits per heavy atom. The standard InChI is InChI=1S/C23H28ClN5O.HI/c24-20-7-9-21(10-8-20)27-12-14-28(15-13-27)23(25)26-16-18-3-5-19(6-4-18)17-29-11-1-2-22(29)30;/h3-10H,1-2,11-17H2,(H2,25,26);1H. The average molecular weight is 554 g/mol. The number of aliphatic imine (C=N–C) groups is 1. The fourth-order valence-corrected chi connectivity index (χ4v) is 4.09. The van der Waals surface area contributed by atoms with Crippen LogP contribution in [0.5, 0.6) is 0 Å². The number of amides is 1. The summed E-state index contributed by atoms with van der Waals surface area (Å²) in [5.74, 6) is 0.852. The summed E-state index contributed by atoms with van der Waals surface area (Å²) in [6.45, 7) is 5.63. The van der Waals surface area contributed by atoms with Crippen molar-refractivity contribution in [2.45, 2.75) is 25.9 Å². The van der Waals surface area contributed by atoms with E-state index >= 15 is 0 Å². The first-order valence-corrected chi connectivity index (χ1v) is 10.9. The van der Waals surface area contributed by atoms with Gasteiger partial charge in [0.15, 0.2) is 5.96 Å². The molecular formula is C23H29ClIN5O. The number of benzene rings is 2. The van der Waals surface area contributed by atoms with Gasteiger partial charge in [0.05, 0.1) is 6.54 Å². The second-order valence-corrected chi connectivity index (χ2v) is 8.30. The van der Waals surface area contributed by atoms with E-state index in [4.69, 9.17) is 17.3 Å². The van der Waals surface area contributed by atoms with E-state index in [1.807, 2.05) is 17.0 Å². The van der Waals surface area contributed by atoms with Gasteiger partial charge in [0, 0.05) is 56.4 Å². The Kier molecular flexibility index (Phi) is 8.43. The van der Waals surface area contributed by atoms with Crippen LogP contribution < -0.4 is 10.6 Å². The fourth-order valence-electron chi connectivity index (χ4n) is 3.96. The number of nitrogens with two attached hydrogens (primary N) is 1. The van der Waals surface area contributed by atoms with Crippen LogP contribution in [-0.2, 0) is 17.9 Å². The van der Waals surface area contributed by atoms with Crippen LogP contribution in [0, 0.1) is 0 Å². The minimum absolute atomic E-state index is 0. The Morgan fingerprint density at radius 1 is 0.935 bits per heavy atom. The Bertz CT molecular complexity index is 895. The molecule has 0 unspecified atom stereocenters. The van der Waals surface area contributed by atoms with Gasteiger partial charge in [-0.05, 0) is 41.8 Å². The molecule has 0 radical (unpaired) electrons. The number of halogens is 2. The monoisotopic (exact) mass is 553 g/mol. The number of anilines is 1. The Labute approximate surface area is 206 Å². The van der Waals surface area contributed by atoms with Gasteiger partial charge in [-0.2, -0.15) is 0 Å². The van der Waals surface area contributed by atoms with Gasteiger partial charge in [0.2, 0.25) is 5.91 Å². The van der Waals surface area contributed by atoms with E-state index in [0.29, 0.717) is 25.5 Å². The molecule has 2 N–H and O–H groups in total. The van der Waals surface area contributed by atoms with Gasteiger partial charge in [-0.25, -0.2) is 4.99 Å². The van der Waals surface area contributed by atoms with Crippen molar-refractivity contribution in [3.63, 3.8) is 0 Å². The number of hydrogen-bond donors (Lipinski definition) is 1. The molecule has 1 amide bonds. The zero-order chi connectivity index (χ0) is 20.9. The largest absolute Gasteiger partial charge is 0.370 e. The Balaban J connectivity index is 0.00000272. The highest BCUT2D eigenvalue weighted by atomic mass is 127. The topological polar surface area (TPSA) is 65.2 Å². The molecule has 6 nitrogen and oxygen atoms in total. The van der Waals surface area contributed by atoms with Gasteiger partial charge in [-0.3, -0.25) is 4.79 Å². The second kappa shape index (κ2) is 11.0. The van der Waals surface area contributed by atoms with Crippen LogP contribution in [-0.4, -0.2) is 54.4 Å². The summed E-state index contributed by atoms with van der Waals surface area (Å²) in [6.07, 6.45) is 1.65. The van der Waals surface area contributed by atoms with Gasteiger partial charge < -0.3 is 20.4 Å². The van der Waals surface area contributed by atoms with Crippen molar-refractivity contribution in [3.05, 3.63) is 64.7 Å². The predicted molar refractivity (Wildman–Crippen MR) is 137 cm³/mol. The van der Waals surface area contributed by atoms with E-state index in [1.54, 1.807) is 0 Å². The van der Waals surface area contributed by atoms with E-state index in [1.165, 1.54) is 5.69 Å². The van der Waals surface area contributed by atoms with Crippen molar-refractivity contribution >= 4 is 53.1 Å². The summed E-state index contributed by atoms with van der Waals surface area (Å²) in [4.78, 5) is 22.8. The van der Waals surface area contributed by atoms with Crippen LogP contribution in [0.4, 0.5) is 5.69 Å². The van der Waals surface area contributed by atoms with Gasteiger partial charge >= 0.3 is 0 Å². The summed E-state index contributed by atoms with van der Waals surface area (Å²) in [7, 11) is 0. The molecule has 4 rings (SSSR count). The van der Waals surface area contributed by atoms with Crippen LogP contribution in [0.15, 0.2) is 53.5 Å². The quantitative estimate of drug-likeness (QED) is 0.348. The zero-order valence-electron chi connectivity index (χ0n) is 17.5. The first kappa shape index (κ1) is 23.7. The fraction of sp³-hybridized carbons (Fsp3) is 0.391. The molecule has 2 heterocycles. The van der Waals surface area contributed by atoms with Crippen molar-refractivity contribution in [2.24, 2.45) is 10.7 Å². The molecule has 166 valence electrons. The lowest BCUT2D eigenvalue weighted by Gasteiger charge is -2.36. The lowest BCUT2D eigenvalue weighted by Crippen LogP contribution is -2.51. The molecule has 0 atom stereocenters. The smallest absolute Gasteiger partial charge is 0.222 e. The highest BCUT2D eigenvalue weighted by Crippen LogP contribution is 2.19. The maximum absolute atomic E-state index is 11.8. The Hall–Kier alpha value is -2.00. The lowest BCUT2D eigenvalue weighted by molar-refractivity contribution is -0.128. The van der Waals surface area contributed by atoms with E-state index in [0.717, 1.165) is 55.3 Å². The summed E-state index contributed by atoms with van der Waals surface area (Å²) in [5, 5.41) is 0.756. The molecular weight excluding hydrogens is 525 g/mol. The van der Waals surface area contributed by atoms with Crippen molar-refractivity contribution in [1.29, 1.82) is 0 Å². The minimum Gasteiger partial charge on any atom is -0.370 e. The molecule has 0 saturated carbocycles. The summed E-state index contributed by atoms with van der Waals surface area (Å²) >= 11 is 5.98. The number of guanidine groups is 1. The van der Waals surface area contributed by atoms with Crippen LogP contribution in [0.2, 0.25) is 5.02 Å². The third-order valence-electron chi connectivity index (χ3n) is 5.79. The molecule has 0 spiro atoms. The second-order valence-electron chi connectivity index (χ2n) is 7.86. The SMILES string of the molecule is I.NC(=NCc1ccc(CN2CCCC2=O)cc1)N1CCN(c2ccc(Cl)cc2)CC1. The number of rotatable bonds is 5. The van der Waals surface area contributed by atoms with E-state index in [2.05, 4.69) is 51.2 Å². The van der Waals surface area contributed by atoms with Gasteiger partial charge in [-0.15, -0.1) is 24.0 Å². The zero-order valence-corrected chi connectivity index (χ0v) is 20.6. The summed E-state index contributed by atoms with van der Waals surface area (Å²) in [6, 6.07) is 16.3. The Morgan fingerprint density at radius 2 is 1.58 bits per heavy atom.